The number of hydrogen-bond acceptors (Lipinski definition) is 4. The highest BCUT2D eigenvalue weighted by Gasteiger charge is 2.15. The van der Waals surface area contributed by atoms with E-state index in [4.69, 9.17) is 9.47 Å². The number of hydrogen-bond donors (Lipinski definition) is 0. The fourth-order valence-electron chi connectivity index (χ4n) is 1.61. The summed E-state index contributed by atoms with van der Waals surface area (Å²) in [6.07, 6.45) is 0. The maximum absolute atomic E-state index is 11.5. The lowest BCUT2D eigenvalue weighted by Crippen LogP contribution is -1.99. The van der Waals surface area contributed by atoms with E-state index < -0.39 is 0 Å². The lowest BCUT2D eigenvalue weighted by atomic mass is 10.1. The van der Waals surface area contributed by atoms with Crippen LogP contribution in [0.5, 0.6) is 5.75 Å². The van der Waals surface area contributed by atoms with Gasteiger partial charge in [-0.05, 0) is 36.1 Å². The molecule has 0 aliphatic carbocycles. The van der Waals surface area contributed by atoms with Gasteiger partial charge in [0.15, 0.2) is 0 Å². The van der Waals surface area contributed by atoms with Gasteiger partial charge in [0.25, 0.3) is 0 Å². The van der Waals surface area contributed by atoms with Crippen LogP contribution in [-0.4, -0.2) is 20.2 Å². The van der Waals surface area contributed by atoms with Crippen LogP contribution in [0.4, 0.5) is 0 Å². The molecule has 4 heteroatoms. The first-order valence-corrected chi connectivity index (χ1v) is 5.64. The largest absolute Gasteiger partial charge is 0.497 e. The molecule has 0 radical (unpaired) electrons. The lowest BCUT2D eigenvalue weighted by molar-refractivity contribution is 0.0605. The average molecular weight is 236 g/mol. The summed E-state index contributed by atoms with van der Waals surface area (Å²) in [5.41, 5.74) is 0.950. The SMILES string of the molecule is COC(=O)c1sc2ccc(OC)cc2c1C. The summed E-state index contributed by atoms with van der Waals surface area (Å²) < 4.78 is 11.0. The zero-order valence-electron chi connectivity index (χ0n) is 9.37. The minimum absolute atomic E-state index is 0.280. The Morgan fingerprint density at radius 3 is 2.69 bits per heavy atom. The predicted molar refractivity (Wildman–Crippen MR) is 64.5 cm³/mol. The molecule has 2 rings (SSSR count). The van der Waals surface area contributed by atoms with Crippen LogP contribution >= 0.6 is 11.3 Å². The van der Waals surface area contributed by atoms with Crippen molar-refractivity contribution in [3.63, 3.8) is 0 Å². The number of ether oxygens (including phenoxy) is 2. The van der Waals surface area contributed by atoms with Gasteiger partial charge in [0.2, 0.25) is 0 Å². The first kappa shape index (κ1) is 11.0. The third-order valence-electron chi connectivity index (χ3n) is 2.51. The van der Waals surface area contributed by atoms with Crippen LogP contribution in [0, 0.1) is 6.92 Å². The molecule has 1 aromatic carbocycles. The summed E-state index contributed by atoms with van der Waals surface area (Å²) in [5, 5.41) is 1.05. The summed E-state index contributed by atoms with van der Waals surface area (Å²) in [6, 6.07) is 5.78. The molecular weight excluding hydrogens is 224 g/mol. The Kier molecular flexibility index (Phi) is 2.83. The Morgan fingerprint density at radius 1 is 1.31 bits per heavy atom. The fourth-order valence-corrected chi connectivity index (χ4v) is 2.72. The Hall–Kier alpha value is -1.55. The highest BCUT2D eigenvalue weighted by atomic mass is 32.1. The van der Waals surface area contributed by atoms with Crippen molar-refractivity contribution in [2.24, 2.45) is 0 Å². The molecule has 0 bridgehead atoms. The van der Waals surface area contributed by atoms with E-state index in [9.17, 15) is 4.79 Å². The number of methoxy groups -OCH3 is 2. The fraction of sp³-hybridized carbons (Fsp3) is 0.250. The predicted octanol–water partition coefficient (Wildman–Crippen LogP) is 3.00. The molecule has 16 heavy (non-hydrogen) atoms. The summed E-state index contributed by atoms with van der Waals surface area (Å²) in [6.45, 7) is 1.92. The quantitative estimate of drug-likeness (QED) is 0.752. The third-order valence-corrected chi connectivity index (χ3v) is 3.77. The van der Waals surface area contributed by atoms with E-state index in [1.54, 1.807) is 7.11 Å². The number of thiophene rings is 1. The smallest absolute Gasteiger partial charge is 0.348 e. The standard InChI is InChI=1S/C12H12O3S/c1-7-9-6-8(14-2)4-5-10(9)16-11(7)12(13)15-3/h4-6H,1-3H3. The van der Waals surface area contributed by atoms with Gasteiger partial charge in [-0.1, -0.05) is 0 Å². The van der Waals surface area contributed by atoms with Crippen molar-refractivity contribution in [2.75, 3.05) is 14.2 Å². The normalized spacial score (nSPS) is 10.4. The molecule has 0 saturated heterocycles. The second-order valence-electron chi connectivity index (χ2n) is 3.41. The molecule has 1 heterocycles. The van der Waals surface area contributed by atoms with Crippen LogP contribution in [0.1, 0.15) is 15.2 Å². The van der Waals surface area contributed by atoms with Gasteiger partial charge in [0.05, 0.1) is 14.2 Å². The second-order valence-corrected chi connectivity index (χ2v) is 4.46. The molecular formula is C12H12O3S. The number of esters is 1. The Bertz CT molecular complexity index is 542. The van der Waals surface area contributed by atoms with Crippen molar-refractivity contribution in [3.8, 4) is 5.75 Å². The molecule has 0 amide bonds. The van der Waals surface area contributed by atoms with Crippen molar-refractivity contribution >= 4 is 27.4 Å². The first-order chi connectivity index (χ1) is 7.67. The summed E-state index contributed by atoms with van der Waals surface area (Å²) in [7, 11) is 3.02. The monoisotopic (exact) mass is 236 g/mol. The van der Waals surface area contributed by atoms with Gasteiger partial charge >= 0.3 is 5.97 Å². The first-order valence-electron chi connectivity index (χ1n) is 4.83. The number of aryl methyl sites for hydroxylation is 1. The van der Waals surface area contributed by atoms with Crippen LogP contribution in [0.15, 0.2) is 18.2 Å². The van der Waals surface area contributed by atoms with E-state index in [0.29, 0.717) is 4.88 Å². The summed E-state index contributed by atoms with van der Waals surface area (Å²) in [4.78, 5) is 12.2. The van der Waals surface area contributed by atoms with E-state index in [0.717, 1.165) is 21.4 Å². The van der Waals surface area contributed by atoms with Crippen molar-refractivity contribution in [1.82, 2.24) is 0 Å². The maximum atomic E-state index is 11.5. The minimum atomic E-state index is -0.280. The lowest BCUT2D eigenvalue weighted by Gasteiger charge is -1.99. The molecule has 3 nitrogen and oxygen atoms in total. The molecule has 0 atom stereocenters. The number of carbonyl (C=O) groups excluding carboxylic acids is 1. The Labute approximate surface area is 97.6 Å². The molecule has 1 aromatic heterocycles. The van der Waals surface area contributed by atoms with Gasteiger partial charge in [-0.15, -0.1) is 11.3 Å². The van der Waals surface area contributed by atoms with Crippen molar-refractivity contribution in [2.45, 2.75) is 6.92 Å². The van der Waals surface area contributed by atoms with E-state index in [1.807, 2.05) is 25.1 Å². The van der Waals surface area contributed by atoms with Crippen LogP contribution in [0.25, 0.3) is 10.1 Å². The zero-order chi connectivity index (χ0) is 11.7. The van der Waals surface area contributed by atoms with E-state index in [2.05, 4.69) is 0 Å². The molecule has 2 aromatic rings. The summed E-state index contributed by atoms with van der Waals surface area (Å²) >= 11 is 1.45. The number of carbonyl (C=O) groups is 1. The topological polar surface area (TPSA) is 35.5 Å². The number of benzene rings is 1. The Balaban J connectivity index is 2.64. The van der Waals surface area contributed by atoms with E-state index in [1.165, 1.54) is 18.4 Å². The molecule has 84 valence electrons. The maximum Gasteiger partial charge on any atom is 0.348 e. The van der Waals surface area contributed by atoms with E-state index >= 15 is 0 Å². The Morgan fingerprint density at radius 2 is 2.06 bits per heavy atom. The van der Waals surface area contributed by atoms with Crippen molar-refractivity contribution in [1.29, 1.82) is 0 Å². The average Bonchev–Trinajstić information content (AvgIpc) is 2.65. The molecule has 0 saturated carbocycles. The molecule has 0 spiro atoms. The van der Waals surface area contributed by atoms with Crippen LogP contribution in [-0.2, 0) is 4.74 Å². The highest BCUT2D eigenvalue weighted by Crippen LogP contribution is 2.33. The molecule has 0 unspecified atom stereocenters. The van der Waals surface area contributed by atoms with Gasteiger partial charge in [-0.2, -0.15) is 0 Å². The third kappa shape index (κ3) is 1.65. The van der Waals surface area contributed by atoms with Gasteiger partial charge in [-0.3, -0.25) is 0 Å². The molecule has 0 N–H and O–H groups in total. The zero-order valence-corrected chi connectivity index (χ0v) is 10.2. The molecule has 0 aliphatic rings. The minimum Gasteiger partial charge on any atom is -0.497 e. The summed E-state index contributed by atoms with van der Waals surface area (Å²) in [5.74, 6) is 0.516. The van der Waals surface area contributed by atoms with Gasteiger partial charge in [0, 0.05) is 4.70 Å². The highest BCUT2D eigenvalue weighted by molar-refractivity contribution is 7.21. The van der Waals surface area contributed by atoms with Crippen molar-refractivity contribution in [3.05, 3.63) is 28.6 Å². The second kappa shape index (κ2) is 4.14. The number of fused-ring (bicyclic) bond motifs is 1. The van der Waals surface area contributed by atoms with Gasteiger partial charge in [0.1, 0.15) is 10.6 Å². The van der Waals surface area contributed by atoms with E-state index in [-0.39, 0.29) is 5.97 Å². The molecule has 0 aliphatic heterocycles. The van der Waals surface area contributed by atoms with Crippen molar-refractivity contribution < 1.29 is 14.3 Å². The van der Waals surface area contributed by atoms with Crippen LogP contribution < -0.4 is 4.74 Å². The van der Waals surface area contributed by atoms with Gasteiger partial charge in [-0.25, -0.2) is 4.79 Å². The van der Waals surface area contributed by atoms with Crippen LogP contribution in [0.2, 0.25) is 0 Å². The number of rotatable bonds is 2. The van der Waals surface area contributed by atoms with Gasteiger partial charge < -0.3 is 9.47 Å². The van der Waals surface area contributed by atoms with Crippen LogP contribution in [0.3, 0.4) is 0 Å². The molecule has 0 fully saturated rings.